The van der Waals surface area contributed by atoms with Crippen LogP contribution in [0.15, 0.2) is 69.6 Å². The fourth-order valence-corrected chi connectivity index (χ4v) is 9.91. The molecule has 0 bridgehead atoms. The van der Waals surface area contributed by atoms with Crippen LogP contribution in [-0.2, 0) is 32.0 Å². The standard InChI is InChI=1S/C44H36N2O14/c45-41(57)33-27(49)15-21-11-19-13-23-17(7-9-25(47)31(23)35(51)29(19)37(53)43(21,59)39(33)55)5-3-1-2-4-6-18-8-10-26(48)32-24(18)14-20-12-22-16-28(50)34(42(46)58)40(56)44(22,60)38(54)30(20)36(32)52/h7-10,19-22,47-50,53-54,59-60H,1-2,11-16H2,(H2,45,57)(H2,46,58)/t19-,20-,21+,22+,43+,44+/m1/s1. The third-order valence-corrected chi connectivity index (χ3v) is 12.7. The number of aliphatic hydroxyl groups is 6. The number of ketones is 4. The van der Waals surface area contributed by atoms with Gasteiger partial charge < -0.3 is 52.3 Å². The van der Waals surface area contributed by atoms with Crippen molar-refractivity contribution in [2.45, 2.75) is 62.6 Å². The van der Waals surface area contributed by atoms with Crippen molar-refractivity contribution in [3.05, 3.63) is 103 Å². The summed E-state index contributed by atoms with van der Waals surface area (Å²) in [5.41, 5.74) is 4.07. The quantitative estimate of drug-likeness (QED) is 0.120. The highest BCUT2D eigenvalue weighted by Gasteiger charge is 2.61. The molecule has 306 valence electrons. The van der Waals surface area contributed by atoms with E-state index in [4.69, 9.17) is 11.5 Å². The second-order valence-corrected chi connectivity index (χ2v) is 15.9. The van der Waals surface area contributed by atoms with Gasteiger partial charge in [0.2, 0.25) is 11.6 Å². The van der Waals surface area contributed by atoms with Crippen molar-refractivity contribution in [1.82, 2.24) is 0 Å². The zero-order valence-electron chi connectivity index (χ0n) is 31.5. The largest absolute Gasteiger partial charge is 0.511 e. The molecule has 0 unspecified atom stereocenters. The van der Waals surface area contributed by atoms with E-state index in [9.17, 15) is 69.6 Å². The summed E-state index contributed by atoms with van der Waals surface area (Å²) in [7, 11) is 0. The van der Waals surface area contributed by atoms with E-state index in [2.05, 4.69) is 23.7 Å². The highest BCUT2D eigenvalue weighted by atomic mass is 16.4. The zero-order valence-corrected chi connectivity index (χ0v) is 31.5. The molecular formula is C44H36N2O14. The van der Waals surface area contributed by atoms with Crippen molar-refractivity contribution >= 4 is 34.9 Å². The highest BCUT2D eigenvalue weighted by Crippen LogP contribution is 2.53. The highest BCUT2D eigenvalue weighted by molar-refractivity contribution is 6.25. The zero-order chi connectivity index (χ0) is 43.3. The van der Waals surface area contributed by atoms with Crippen LogP contribution >= 0.6 is 0 Å². The number of hydrogen-bond acceptors (Lipinski definition) is 14. The first-order valence-corrected chi connectivity index (χ1v) is 19.0. The molecule has 6 aliphatic rings. The molecule has 6 atom stereocenters. The molecule has 0 radical (unpaired) electrons. The lowest BCUT2D eigenvalue weighted by molar-refractivity contribution is -0.145. The van der Waals surface area contributed by atoms with Gasteiger partial charge in [0, 0.05) is 59.8 Å². The lowest BCUT2D eigenvalue weighted by Crippen LogP contribution is -2.57. The molecule has 0 fully saturated rings. The Kier molecular flexibility index (Phi) is 9.08. The van der Waals surface area contributed by atoms with Crippen LogP contribution in [0.2, 0.25) is 0 Å². The normalized spacial score (nSPS) is 28.0. The summed E-state index contributed by atoms with van der Waals surface area (Å²) in [6.07, 6.45) is -0.180. The van der Waals surface area contributed by atoms with Gasteiger partial charge in [0.25, 0.3) is 11.8 Å². The Bertz CT molecular complexity index is 2550. The van der Waals surface area contributed by atoms with Crippen molar-refractivity contribution in [2.24, 2.45) is 35.1 Å². The predicted molar refractivity (Wildman–Crippen MR) is 205 cm³/mol. The van der Waals surface area contributed by atoms with E-state index in [1.807, 2.05) is 0 Å². The first-order chi connectivity index (χ1) is 28.3. The van der Waals surface area contributed by atoms with Crippen LogP contribution in [-0.4, -0.2) is 87.0 Å². The van der Waals surface area contributed by atoms with E-state index in [-0.39, 0.29) is 73.6 Å². The van der Waals surface area contributed by atoms with Crippen LogP contribution in [0.5, 0.6) is 11.5 Å². The number of hydrogen-bond donors (Lipinski definition) is 10. The number of unbranched alkanes of at least 4 members (excludes halogenated alkanes) is 1. The smallest absolute Gasteiger partial charge is 0.255 e. The van der Waals surface area contributed by atoms with Crippen LogP contribution in [0.25, 0.3) is 0 Å². The van der Waals surface area contributed by atoms with Gasteiger partial charge in [-0.15, -0.1) is 0 Å². The summed E-state index contributed by atoms with van der Waals surface area (Å²) in [5.74, 6) is -2.52. The molecule has 2 aromatic carbocycles. The van der Waals surface area contributed by atoms with Crippen LogP contribution in [0.3, 0.4) is 0 Å². The molecule has 0 saturated heterocycles. The summed E-state index contributed by atoms with van der Waals surface area (Å²) in [5, 5.41) is 87.7. The maximum absolute atomic E-state index is 13.8. The fraction of sp³-hybridized carbons (Fsp3) is 0.318. The number of amides is 2. The van der Waals surface area contributed by atoms with E-state index >= 15 is 0 Å². The summed E-state index contributed by atoms with van der Waals surface area (Å²) in [6.45, 7) is 0. The van der Waals surface area contributed by atoms with E-state index in [1.54, 1.807) is 0 Å². The minimum Gasteiger partial charge on any atom is -0.511 e. The first kappa shape index (κ1) is 39.7. The van der Waals surface area contributed by atoms with Crippen LogP contribution in [0.4, 0.5) is 0 Å². The molecular weight excluding hydrogens is 780 g/mol. The Morgan fingerprint density at radius 3 is 1.32 bits per heavy atom. The number of phenolic OH excluding ortho intramolecular Hbond substituents is 2. The molecule has 0 spiro atoms. The van der Waals surface area contributed by atoms with Gasteiger partial charge in [-0.2, -0.15) is 0 Å². The molecule has 0 aliphatic heterocycles. The number of nitrogens with two attached hydrogens (primary N) is 2. The molecule has 16 heteroatoms. The molecule has 16 nitrogen and oxygen atoms in total. The lowest BCUT2D eigenvalue weighted by Gasteiger charge is -2.45. The van der Waals surface area contributed by atoms with Gasteiger partial charge in [0.15, 0.2) is 22.8 Å². The number of phenols is 2. The molecule has 2 aromatic rings. The number of aliphatic hydroxyl groups excluding tert-OH is 4. The Balaban J connectivity index is 1.03. The summed E-state index contributed by atoms with van der Waals surface area (Å²) in [4.78, 5) is 77.9. The van der Waals surface area contributed by atoms with Crippen LogP contribution in [0.1, 0.15) is 81.5 Å². The second kappa shape index (κ2) is 13.7. The topological polar surface area (TPSA) is 316 Å². The van der Waals surface area contributed by atoms with E-state index < -0.39 is 116 Å². The van der Waals surface area contributed by atoms with Gasteiger partial charge in [-0.1, -0.05) is 23.7 Å². The molecule has 6 aliphatic carbocycles. The molecule has 12 N–H and O–H groups in total. The number of rotatable bonds is 3. The first-order valence-electron chi connectivity index (χ1n) is 19.0. The van der Waals surface area contributed by atoms with Crippen molar-refractivity contribution in [3.63, 3.8) is 0 Å². The number of Topliss-reactive ketones (excluding diaryl/α,β-unsaturated/α-hetero) is 4. The number of benzene rings is 2. The molecule has 0 heterocycles. The average molecular weight is 817 g/mol. The molecule has 8 rings (SSSR count). The Labute approximate surface area is 339 Å². The van der Waals surface area contributed by atoms with E-state index in [1.165, 1.54) is 24.3 Å². The van der Waals surface area contributed by atoms with Crippen LogP contribution in [0, 0.1) is 47.4 Å². The second-order valence-electron chi connectivity index (χ2n) is 15.9. The third-order valence-electron chi connectivity index (χ3n) is 12.7. The maximum Gasteiger partial charge on any atom is 0.255 e. The summed E-state index contributed by atoms with van der Waals surface area (Å²) < 4.78 is 0. The number of allylic oxidation sites excluding steroid dienone is 4. The molecule has 0 aromatic heterocycles. The lowest BCUT2D eigenvalue weighted by atomic mass is 9.60. The van der Waals surface area contributed by atoms with Gasteiger partial charge in [-0.05, 0) is 72.9 Å². The number of primary amides is 2. The monoisotopic (exact) mass is 816 g/mol. The Morgan fingerprint density at radius 2 is 0.967 bits per heavy atom. The van der Waals surface area contributed by atoms with Crippen molar-refractivity contribution < 1.29 is 69.6 Å². The minimum absolute atomic E-state index is 0.0334. The van der Waals surface area contributed by atoms with Gasteiger partial charge in [-0.3, -0.25) is 28.8 Å². The van der Waals surface area contributed by atoms with Gasteiger partial charge in [0.1, 0.15) is 45.7 Å². The molecule has 2 amide bonds. The van der Waals surface area contributed by atoms with Crippen molar-refractivity contribution in [2.75, 3.05) is 0 Å². The molecule has 0 saturated carbocycles. The van der Waals surface area contributed by atoms with Crippen molar-refractivity contribution in [3.8, 4) is 35.2 Å². The van der Waals surface area contributed by atoms with Crippen LogP contribution < -0.4 is 11.5 Å². The third kappa shape index (κ3) is 5.48. The minimum atomic E-state index is -2.68. The number of fused-ring (bicyclic) bond motifs is 6. The van der Waals surface area contributed by atoms with Crippen molar-refractivity contribution in [1.29, 1.82) is 0 Å². The Morgan fingerprint density at radius 1 is 0.600 bits per heavy atom. The Hall–Kier alpha value is -7.14. The maximum atomic E-state index is 13.8. The SMILES string of the molecule is NC(=O)C1=C(O)C[C@@H]2C[C@@H]3Cc4c(C#CCCC#Cc5ccc(O)c6c5C[C@H]5C[C@H]7CC(O)=C(C(N)=O)C(=O)[C@@]7(O)C(O)=C5C6=O)ccc(O)c4C(=O)C3=C(O)[C@]2(O)C1=O. The van der Waals surface area contributed by atoms with E-state index in [0.29, 0.717) is 22.3 Å². The van der Waals surface area contributed by atoms with Gasteiger partial charge >= 0.3 is 0 Å². The van der Waals surface area contributed by atoms with E-state index in [0.717, 1.165) is 0 Å². The predicted octanol–water partition coefficient (Wildman–Crippen LogP) is 1.66. The van der Waals surface area contributed by atoms with Gasteiger partial charge in [0.05, 0.1) is 11.1 Å². The summed E-state index contributed by atoms with van der Waals surface area (Å²) in [6, 6.07) is 5.55. The number of carbonyl (C=O) groups excluding carboxylic acids is 6. The molecule has 60 heavy (non-hydrogen) atoms. The fourth-order valence-electron chi connectivity index (χ4n) is 9.91. The number of carbonyl (C=O) groups is 6. The number of aromatic hydroxyl groups is 2. The van der Waals surface area contributed by atoms with Gasteiger partial charge in [-0.25, -0.2) is 0 Å². The average Bonchev–Trinajstić information content (AvgIpc) is 3.17. The summed E-state index contributed by atoms with van der Waals surface area (Å²) >= 11 is 0.